The van der Waals surface area contributed by atoms with Crippen molar-refractivity contribution in [1.82, 2.24) is 20.1 Å². The number of nitrogens with one attached hydrogen (secondary N) is 1. The van der Waals surface area contributed by atoms with Crippen LogP contribution in [0.5, 0.6) is 0 Å². The Labute approximate surface area is 172 Å². The van der Waals surface area contributed by atoms with E-state index in [9.17, 15) is 4.79 Å². The first-order valence-corrected chi connectivity index (χ1v) is 11.2. The molecular formula is C22H32N4OS. The Balaban J connectivity index is 1.61. The lowest BCUT2D eigenvalue weighted by molar-refractivity contribution is -0.119. The van der Waals surface area contributed by atoms with E-state index in [1.54, 1.807) is 0 Å². The van der Waals surface area contributed by atoms with Gasteiger partial charge in [-0.15, -0.1) is 10.2 Å². The van der Waals surface area contributed by atoms with Gasteiger partial charge in [0.25, 0.3) is 0 Å². The van der Waals surface area contributed by atoms with Gasteiger partial charge in [0.05, 0.1) is 5.75 Å². The molecule has 5 nitrogen and oxygen atoms in total. The molecule has 1 aliphatic rings. The number of carbonyl (C=O) groups is 1. The lowest BCUT2D eigenvalue weighted by Gasteiger charge is -2.29. The summed E-state index contributed by atoms with van der Waals surface area (Å²) in [5, 5.41) is 12.6. The third-order valence-electron chi connectivity index (χ3n) is 5.63. The molecule has 0 bridgehead atoms. The minimum absolute atomic E-state index is 0.0860. The van der Waals surface area contributed by atoms with Crippen molar-refractivity contribution >= 4 is 17.7 Å². The van der Waals surface area contributed by atoms with Crippen molar-refractivity contribution in [3.63, 3.8) is 0 Å². The maximum absolute atomic E-state index is 12.4. The van der Waals surface area contributed by atoms with Gasteiger partial charge in [0.1, 0.15) is 0 Å². The second kappa shape index (κ2) is 8.68. The number of nitrogens with zero attached hydrogens (tertiary/aromatic N) is 3. The van der Waals surface area contributed by atoms with Crippen LogP contribution in [0.3, 0.4) is 0 Å². The average Bonchev–Trinajstić information content (AvgIpc) is 3.02. The van der Waals surface area contributed by atoms with Gasteiger partial charge in [0, 0.05) is 18.7 Å². The van der Waals surface area contributed by atoms with Gasteiger partial charge in [0.15, 0.2) is 11.0 Å². The SMILES string of the molecule is CC1CCCCC1NC(=O)CSc1nnc(-c2ccc(C(C)(C)C)cc2)n1C. The number of aromatic nitrogens is 3. The largest absolute Gasteiger partial charge is 0.352 e. The number of hydrogen-bond donors (Lipinski definition) is 1. The average molecular weight is 401 g/mol. The lowest BCUT2D eigenvalue weighted by atomic mass is 9.86. The molecule has 1 fully saturated rings. The van der Waals surface area contributed by atoms with Gasteiger partial charge in [0.2, 0.25) is 5.91 Å². The van der Waals surface area contributed by atoms with E-state index >= 15 is 0 Å². The fourth-order valence-corrected chi connectivity index (χ4v) is 4.44. The standard InChI is InChI=1S/C22H32N4OS/c1-15-8-6-7-9-18(15)23-19(27)14-28-21-25-24-20(26(21)5)16-10-12-17(13-11-16)22(2,3)4/h10-13,15,18H,6-9,14H2,1-5H3,(H,23,27). The summed E-state index contributed by atoms with van der Waals surface area (Å²) < 4.78 is 1.97. The number of benzene rings is 1. The molecule has 1 saturated carbocycles. The summed E-state index contributed by atoms with van der Waals surface area (Å²) >= 11 is 1.45. The predicted molar refractivity (Wildman–Crippen MR) is 115 cm³/mol. The van der Waals surface area contributed by atoms with Gasteiger partial charge in [-0.3, -0.25) is 4.79 Å². The molecule has 1 aliphatic carbocycles. The zero-order valence-corrected chi connectivity index (χ0v) is 18.5. The monoisotopic (exact) mass is 400 g/mol. The lowest BCUT2D eigenvalue weighted by Crippen LogP contribution is -2.41. The van der Waals surface area contributed by atoms with Gasteiger partial charge >= 0.3 is 0 Å². The van der Waals surface area contributed by atoms with Crippen LogP contribution in [-0.2, 0) is 17.3 Å². The van der Waals surface area contributed by atoms with E-state index in [1.165, 1.54) is 36.6 Å². The molecule has 0 aliphatic heterocycles. The van der Waals surface area contributed by atoms with Crippen molar-refractivity contribution in [2.24, 2.45) is 13.0 Å². The summed E-state index contributed by atoms with van der Waals surface area (Å²) in [7, 11) is 1.95. The number of rotatable bonds is 5. The van der Waals surface area contributed by atoms with Gasteiger partial charge in [-0.1, -0.05) is 76.6 Å². The van der Waals surface area contributed by atoms with Crippen molar-refractivity contribution in [3.8, 4) is 11.4 Å². The first-order valence-electron chi connectivity index (χ1n) is 10.2. The topological polar surface area (TPSA) is 59.8 Å². The van der Waals surface area contributed by atoms with E-state index in [0.29, 0.717) is 17.7 Å². The quantitative estimate of drug-likeness (QED) is 0.747. The zero-order valence-electron chi connectivity index (χ0n) is 17.7. The van der Waals surface area contributed by atoms with Crippen LogP contribution in [0, 0.1) is 5.92 Å². The summed E-state index contributed by atoms with van der Waals surface area (Å²) in [6.07, 6.45) is 4.79. The molecule has 0 saturated heterocycles. The van der Waals surface area contributed by atoms with Crippen LogP contribution < -0.4 is 5.32 Å². The van der Waals surface area contributed by atoms with Crippen LogP contribution >= 0.6 is 11.8 Å². The molecule has 0 radical (unpaired) electrons. The van der Waals surface area contributed by atoms with E-state index in [2.05, 4.69) is 67.5 Å². The van der Waals surface area contributed by atoms with E-state index in [0.717, 1.165) is 23.0 Å². The first-order chi connectivity index (χ1) is 13.3. The highest BCUT2D eigenvalue weighted by molar-refractivity contribution is 7.99. The zero-order chi connectivity index (χ0) is 20.3. The molecule has 1 amide bonds. The highest BCUT2D eigenvalue weighted by atomic mass is 32.2. The molecule has 2 aromatic rings. The molecule has 1 heterocycles. The van der Waals surface area contributed by atoms with Crippen LogP contribution in [0.1, 0.15) is 58.9 Å². The second-order valence-electron chi connectivity index (χ2n) is 8.92. The molecule has 2 atom stereocenters. The molecule has 0 spiro atoms. The van der Waals surface area contributed by atoms with Gasteiger partial charge in [-0.25, -0.2) is 0 Å². The van der Waals surface area contributed by atoms with Gasteiger partial charge in [-0.05, 0) is 29.7 Å². The molecule has 2 unspecified atom stereocenters. The van der Waals surface area contributed by atoms with Gasteiger partial charge in [-0.2, -0.15) is 0 Å². The minimum atomic E-state index is 0.0860. The van der Waals surface area contributed by atoms with Crippen molar-refractivity contribution < 1.29 is 4.79 Å². The highest BCUT2D eigenvalue weighted by Crippen LogP contribution is 2.27. The van der Waals surface area contributed by atoms with Crippen molar-refractivity contribution in [1.29, 1.82) is 0 Å². The molecular weight excluding hydrogens is 368 g/mol. The number of amides is 1. The number of carbonyl (C=O) groups excluding carboxylic acids is 1. The van der Waals surface area contributed by atoms with E-state index in [4.69, 9.17) is 0 Å². The molecule has 28 heavy (non-hydrogen) atoms. The fraction of sp³-hybridized carbons (Fsp3) is 0.591. The first kappa shape index (κ1) is 20.9. The highest BCUT2D eigenvalue weighted by Gasteiger charge is 2.23. The Morgan fingerprint density at radius 1 is 1.18 bits per heavy atom. The van der Waals surface area contributed by atoms with Crippen LogP contribution in [0.25, 0.3) is 11.4 Å². The summed E-state index contributed by atoms with van der Waals surface area (Å²) in [5.74, 6) is 1.85. The molecule has 6 heteroatoms. The summed E-state index contributed by atoms with van der Waals surface area (Å²) in [6, 6.07) is 8.80. The van der Waals surface area contributed by atoms with Crippen LogP contribution in [0.15, 0.2) is 29.4 Å². The maximum Gasteiger partial charge on any atom is 0.230 e. The number of hydrogen-bond acceptors (Lipinski definition) is 4. The minimum Gasteiger partial charge on any atom is -0.352 e. The Bertz CT molecular complexity index is 807. The fourth-order valence-electron chi connectivity index (χ4n) is 3.72. The maximum atomic E-state index is 12.4. The molecule has 3 rings (SSSR count). The van der Waals surface area contributed by atoms with E-state index in [-0.39, 0.29) is 11.3 Å². The van der Waals surface area contributed by atoms with Crippen LogP contribution in [-0.4, -0.2) is 32.5 Å². The summed E-state index contributed by atoms with van der Waals surface area (Å²) in [4.78, 5) is 12.4. The van der Waals surface area contributed by atoms with Crippen molar-refractivity contribution in [2.45, 2.75) is 70.0 Å². The third-order valence-corrected chi connectivity index (χ3v) is 6.65. The summed E-state index contributed by atoms with van der Waals surface area (Å²) in [6.45, 7) is 8.85. The van der Waals surface area contributed by atoms with Crippen molar-refractivity contribution in [2.75, 3.05) is 5.75 Å². The Morgan fingerprint density at radius 3 is 2.50 bits per heavy atom. The molecule has 1 aromatic carbocycles. The normalized spacial score (nSPS) is 20.2. The Kier molecular flexibility index (Phi) is 6.48. The van der Waals surface area contributed by atoms with E-state index < -0.39 is 0 Å². The van der Waals surface area contributed by atoms with Crippen LogP contribution in [0.2, 0.25) is 0 Å². The predicted octanol–water partition coefficient (Wildman–Crippen LogP) is 4.57. The Morgan fingerprint density at radius 2 is 1.86 bits per heavy atom. The third kappa shape index (κ3) is 4.96. The van der Waals surface area contributed by atoms with Gasteiger partial charge < -0.3 is 9.88 Å². The van der Waals surface area contributed by atoms with Crippen LogP contribution in [0.4, 0.5) is 0 Å². The molecule has 1 N–H and O–H groups in total. The second-order valence-corrected chi connectivity index (χ2v) is 9.86. The Hall–Kier alpha value is -1.82. The van der Waals surface area contributed by atoms with E-state index in [1.807, 2.05) is 11.6 Å². The molecule has 1 aromatic heterocycles. The molecule has 152 valence electrons. The number of thioether (sulfide) groups is 1. The summed E-state index contributed by atoms with van der Waals surface area (Å²) in [5.41, 5.74) is 2.46. The van der Waals surface area contributed by atoms with Crippen molar-refractivity contribution in [3.05, 3.63) is 29.8 Å². The smallest absolute Gasteiger partial charge is 0.230 e.